The second kappa shape index (κ2) is 8.63. The Morgan fingerprint density at radius 3 is 2.50 bits per heavy atom. The van der Waals surface area contributed by atoms with Crippen LogP contribution in [-0.4, -0.2) is 50.7 Å². The van der Waals surface area contributed by atoms with Gasteiger partial charge in [0.1, 0.15) is 12.4 Å². The highest BCUT2D eigenvalue weighted by atomic mass is 16.5. The monoisotopic (exact) mass is 306 g/mol. The molecule has 0 aliphatic heterocycles. The first kappa shape index (κ1) is 18.3. The number of aliphatic imine (C=N–C) groups is 1. The largest absolute Gasteiger partial charge is 0.492 e. The molecule has 5 nitrogen and oxygen atoms in total. The fourth-order valence-electron chi connectivity index (χ4n) is 1.84. The molecule has 0 atom stereocenters. The molecule has 0 radical (unpaired) electrons. The smallest absolute Gasteiger partial charge is 0.191 e. The van der Waals surface area contributed by atoms with Gasteiger partial charge in [0.05, 0.1) is 0 Å². The number of rotatable bonds is 6. The van der Waals surface area contributed by atoms with Crippen LogP contribution in [0.1, 0.15) is 26.3 Å². The maximum atomic E-state index is 5.87. The lowest BCUT2D eigenvalue weighted by Gasteiger charge is -2.24. The Balaban J connectivity index is 2.61. The summed E-state index contributed by atoms with van der Waals surface area (Å²) in [6.07, 6.45) is 0. The molecule has 5 heteroatoms. The van der Waals surface area contributed by atoms with Crippen LogP contribution in [0.2, 0.25) is 0 Å². The highest BCUT2D eigenvalue weighted by Gasteiger charge is 2.12. The maximum absolute atomic E-state index is 5.87. The first-order valence-corrected chi connectivity index (χ1v) is 7.66. The van der Waals surface area contributed by atoms with Crippen LogP contribution in [0.5, 0.6) is 5.75 Å². The molecule has 0 amide bonds. The topological polar surface area (TPSA) is 48.9 Å². The van der Waals surface area contributed by atoms with Crippen molar-refractivity contribution in [1.29, 1.82) is 0 Å². The highest BCUT2D eigenvalue weighted by molar-refractivity contribution is 5.80. The number of hydrogen-bond donors (Lipinski definition) is 2. The summed E-state index contributed by atoms with van der Waals surface area (Å²) in [5.74, 6) is 1.71. The van der Waals surface area contributed by atoms with Crippen LogP contribution in [0.4, 0.5) is 0 Å². The molecule has 1 rings (SSSR count). The Morgan fingerprint density at radius 2 is 1.91 bits per heavy atom. The van der Waals surface area contributed by atoms with Gasteiger partial charge in [0.2, 0.25) is 0 Å². The van der Waals surface area contributed by atoms with Gasteiger partial charge < -0.3 is 20.3 Å². The van der Waals surface area contributed by atoms with Gasteiger partial charge in [0.15, 0.2) is 5.96 Å². The van der Waals surface area contributed by atoms with E-state index in [0.717, 1.165) is 23.8 Å². The Bertz CT molecular complexity index is 478. The zero-order valence-corrected chi connectivity index (χ0v) is 14.7. The lowest BCUT2D eigenvalue weighted by Crippen LogP contribution is -2.47. The van der Waals surface area contributed by atoms with E-state index < -0.39 is 0 Å². The third kappa shape index (κ3) is 7.31. The quantitative estimate of drug-likeness (QED) is 0.624. The molecule has 1 aromatic carbocycles. The second-order valence-electron chi connectivity index (χ2n) is 6.56. The van der Waals surface area contributed by atoms with Crippen molar-refractivity contribution in [2.45, 2.75) is 32.9 Å². The first-order valence-electron chi connectivity index (χ1n) is 7.66. The number of guanidine groups is 1. The van der Waals surface area contributed by atoms with Gasteiger partial charge in [0, 0.05) is 31.2 Å². The minimum atomic E-state index is -0.0242. The van der Waals surface area contributed by atoms with Crippen molar-refractivity contribution >= 4 is 5.96 Å². The van der Waals surface area contributed by atoms with E-state index in [0.29, 0.717) is 13.2 Å². The SMILES string of the molecule is CN=C(NCc1ccccc1OCCN(C)C)NC(C)(C)C. The van der Waals surface area contributed by atoms with Crippen LogP contribution in [-0.2, 0) is 6.54 Å². The van der Waals surface area contributed by atoms with E-state index in [2.05, 4.69) is 47.4 Å². The molecular formula is C17H30N4O. The minimum Gasteiger partial charge on any atom is -0.492 e. The van der Waals surface area contributed by atoms with Gasteiger partial charge in [-0.3, -0.25) is 4.99 Å². The number of nitrogens with zero attached hydrogens (tertiary/aromatic N) is 2. The summed E-state index contributed by atoms with van der Waals surface area (Å²) in [7, 11) is 5.86. The summed E-state index contributed by atoms with van der Waals surface area (Å²) in [6.45, 7) is 8.58. The fraction of sp³-hybridized carbons (Fsp3) is 0.588. The van der Waals surface area contributed by atoms with Gasteiger partial charge in [-0.1, -0.05) is 18.2 Å². The Hall–Kier alpha value is -1.75. The van der Waals surface area contributed by atoms with E-state index in [1.807, 2.05) is 32.3 Å². The summed E-state index contributed by atoms with van der Waals surface area (Å²) in [6, 6.07) is 8.10. The summed E-state index contributed by atoms with van der Waals surface area (Å²) in [5.41, 5.74) is 1.10. The Labute approximate surface area is 134 Å². The number of benzene rings is 1. The minimum absolute atomic E-state index is 0.0242. The van der Waals surface area contributed by atoms with Gasteiger partial charge >= 0.3 is 0 Å². The number of hydrogen-bond acceptors (Lipinski definition) is 3. The molecule has 0 aliphatic rings. The van der Waals surface area contributed by atoms with Gasteiger partial charge in [-0.2, -0.15) is 0 Å². The number of nitrogens with one attached hydrogen (secondary N) is 2. The van der Waals surface area contributed by atoms with Crippen LogP contribution in [0.3, 0.4) is 0 Å². The van der Waals surface area contributed by atoms with Gasteiger partial charge in [0.25, 0.3) is 0 Å². The van der Waals surface area contributed by atoms with E-state index >= 15 is 0 Å². The number of likely N-dealkylation sites (N-methyl/N-ethyl adjacent to an activating group) is 1. The molecule has 0 bridgehead atoms. The molecule has 124 valence electrons. The molecule has 0 aromatic heterocycles. The van der Waals surface area contributed by atoms with Crippen LogP contribution in [0.25, 0.3) is 0 Å². The molecule has 0 saturated carbocycles. The summed E-state index contributed by atoms with van der Waals surface area (Å²) < 4.78 is 5.87. The third-order valence-electron chi connectivity index (χ3n) is 2.93. The molecule has 0 aliphatic carbocycles. The maximum Gasteiger partial charge on any atom is 0.191 e. The lowest BCUT2D eigenvalue weighted by atomic mass is 10.1. The average Bonchev–Trinajstić information content (AvgIpc) is 2.43. The third-order valence-corrected chi connectivity index (χ3v) is 2.93. The van der Waals surface area contributed by atoms with Crippen LogP contribution in [0.15, 0.2) is 29.3 Å². The van der Waals surface area contributed by atoms with E-state index in [1.165, 1.54) is 0 Å². The second-order valence-corrected chi connectivity index (χ2v) is 6.56. The highest BCUT2D eigenvalue weighted by Crippen LogP contribution is 2.17. The lowest BCUT2D eigenvalue weighted by molar-refractivity contribution is 0.259. The van der Waals surface area contributed by atoms with Crippen molar-refractivity contribution < 1.29 is 4.74 Å². The fourth-order valence-corrected chi connectivity index (χ4v) is 1.84. The predicted molar refractivity (Wildman–Crippen MR) is 93.6 cm³/mol. The van der Waals surface area contributed by atoms with Crippen molar-refractivity contribution in [3.63, 3.8) is 0 Å². The van der Waals surface area contributed by atoms with Gasteiger partial charge in [-0.15, -0.1) is 0 Å². The van der Waals surface area contributed by atoms with Crippen LogP contribution < -0.4 is 15.4 Å². The predicted octanol–water partition coefficient (Wildman–Crippen LogP) is 2.09. The summed E-state index contributed by atoms with van der Waals surface area (Å²) in [5, 5.41) is 6.68. The van der Waals surface area contributed by atoms with E-state index in [1.54, 1.807) is 7.05 Å². The summed E-state index contributed by atoms with van der Waals surface area (Å²) >= 11 is 0. The average molecular weight is 306 g/mol. The number of para-hydroxylation sites is 1. The molecule has 0 heterocycles. The molecule has 1 aromatic rings. The Kier molecular flexibility index (Phi) is 7.18. The molecule has 0 saturated heterocycles. The van der Waals surface area contributed by atoms with E-state index in [4.69, 9.17) is 4.74 Å². The van der Waals surface area contributed by atoms with E-state index in [9.17, 15) is 0 Å². The van der Waals surface area contributed by atoms with Gasteiger partial charge in [-0.25, -0.2) is 0 Å². The molecule has 0 unspecified atom stereocenters. The zero-order chi connectivity index (χ0) is 16.6. The number of ether oxygens (including phenoxy) is 1. The van der Waals surface area contributed by atoms with Crippen molar-refractivity contribution in [2.75, 3.05) is 34.3 Å². The van der Waals surface area contributed by atoms with Gasteiger partial charge in [-0.05, 0) is 40.9 Å². The summed E-state index contributed by atoms with van der Waals surface area (Å²) in [4.78, 5) is 6.36. The van der Waals surface area contributed by atoms with Crippen LogP contribution >= 0.6 is 0 Å². The van der Waals surface area contributed by atoms with Crippen molar-refractivity contribution in [1.82, 2.24) is 15.5 Å². The Morgan fingerprint density at radius 1 is 1.23 bits per heavy atom. The van der Waals surface area contributed by atoms with Crippen LogP contribution in [0, 0.1) is 0 Å². The molecule has 22 heavy (non-hydrogen) atoms. The van der Waals surface area contributed by atoms with Crippen molar-refractivity contribution in [3.8, 4) is 5.75 Å². The molecule has 2 N–H and O–H groups in total. The van der Waals surface area contributed by atoms with E-state index in [-0.39, 0.29) is 5.54 Å². The van der Waals surface area contributed by atoms with Crippen molar-refractivity contribution in [3.05, 3.63) is 29.8 Å². The standard InChI is InChI=1S/C17H30N4O/c1-17(2,3)20-16(18-4)19-13-14-9-7-8-10-15(14)22-12-11-21(5)6/h7-10H,11-13H2,1-6H3,(H2,18,19,20). The normalized spacial score (nSPS) is 12.4. The van der Waals surface area contributed by atoms with Crippen molar-refractivity contribution in [2.24, 2.45) is 4.99 Å². The molecule has 0 spiro atoms. The zero-order valence-electron chi connectivity index (χ0n) is 14.7. The molecule has 0 fully saturated rings. The first-order chi connectivity index (χ1) is 10.3. The molecular weight excluding hydrogens is 276 g/mol.